The van der Waals surface area contributed by atoms with Crippen LogP contribution >= 0.6 is 15.9 Å². The number of halogens is 1. The molecule has 0 aliphatic carbocycles. The van der Waals surface area contributed by atoms with Crippen molar-refractivity contribution in [3.63, 3.8) is 0 Å². The fourth-order valence-electron chi connectivity index (χ4n) is 2.86. The van der Waals surface area contributed by atoms with Crippen molar-refractivity contribution in [1.82, 2.24) is 4.90 Å². The number of amides is 1. The van der Waals surface area contributed by atoms with E-state index in [9.17, 15) is 14.7 Å². The Kier molecular flexibility index (Phi) is 5.24. The predicted octanol–water partition coefficient (Wildman–Crippen LogP) is 2.50. The molecule has 1 heterocycles. The van der Waals surface area contributed by atoms with E-state index in [1.54, 1.807) is 4.90 Å². The summed E-state index contributed by atoms with van der Waals surface area (Å²) in [6.45, 7) is 2.63. The van der Waals surface area contributed by atoms with Gasteiger partial charge < -0.3 is 14.7 Å². The van der Waals surface area contributed by atoms with E-state index in [2.05, 4.69) is 15.9 Å². The summed E-state index contributed by atoms with van der Waals surface area (Å²) < 4.78 is 6.01. The Balaban J connectivity index is 2.10. The first-order chi connectivity index (χ1) is 10.4. The lowest BCUT2D eigenvalue weighted by molar-refractivity contribution is -0.151. The Hall–Kier alpha value is -1.40. The van der Waals surface area contributed by atoms with Crippen molar-refractivity contribution in [1.29, 1.82) is 0 Å². The molecule has 0 aromatic heterocycles. The average Bonchev–Trinajstić information content (AvgIpc) is 2.92. The van der Waals surface area contributed by atoms with Crippen LogP contribution in [0.3, 0.4) is 0 Å². The molecule has 120 valence electrons. The molecular formula is C16H20BrNO4. The van der Waals surface area contributed by atoms with Gasteiger partial charge in [-0.15, -0.1) is 0 Å². The number of hydrogen-bond acceptors (Lipinski definition) is 3. The molecule has 22 heavy (non-hydrogen) atoms. The average molecular weight is 370 g/mol. The minimum atomic E-state index is -0.982. The van der Waals surface area contributed by atoms with E-state index in [4.69, 9.17) is 4.74 Å². The van der Waals surface area contributed by atoms with Crippen molar-refractivity contribution in [3.05, 3.63) is 34.3 Å². The molecular weight excluding hydrogens is 350 g/mol. The molecule has 1 N–H and O–H groups in total. The number of carboxylic acid groups (broad SMARTS) is 1. The van der Waals surface area contributed by atoms with Gasteiger partial charge in [-0.3, -0.25) is 9.59 Å². The van der Waals surface area contributed by atoms with Crippen LogP contribution in [0.1, 0.15) is 24.8 Å². The Bertz CT molecular complexity index is 560. The van der Waals surface area contributed by atoms with Gasteiger partial charge in [-0.25, -0.2) is 0 Å². The molecule has 2 atom stereocenters. The summed E-state index contributed by atoms with van der Waals surface area (Å²) in [6.07, 6.45) is 0.426. The van der Waals surface area contributed by atoms with E-state index in [-0.39, 0.29) is 25.0 Å². The predicted molar refractivity (Wildman–Crippen MR) is 85.7 cm³/mol. The summed E-state index contributed by atoms with van der Waals surface area (Å²) in [7, 11) is 1.49. The maximum absolute atomic E-state index is 12.6. The zero-order valence-corrected chi connectivity index (χ0v) is 14.3. The second kappa shape index (κ2) is 6.79. The number of methoxy groups -OCH3 is 1. The van der Waals surface area contributed by atoms with Crippen LogP contribution in [-0.2, 0) is 14.3 Å². The highest BCUT2D eigenvalue weighted by atomic mass is 79.9. The lowest BCUT2D eigenvalue weighted by Crippen LogP contribution is -2.41. The summed E-state index contributed by atoms with van der Waals surface area (Å²) in [5.74, 6) is -1.23. The van der Waals surface area contributed by atoms with Gasteiger partial charge in [-0.2, -0.15) is 0 Å². The Morgan fingerprint density at radius 2 is 2.05 bits per heavy atom. The molecule has 1 aromatic carbocycles. The molecule has 1 aromatic rings. The van der Waals surface area contributed by atoms with E-state index in [0.29, 0.717) is 13.0 Å². The zero-order valence-electron chi connectivity index (χ0n) is 12.7. The molecule has 5 nitrogen and oxygen atoms in total. The van der Waals surface area contributed by atoms with Crippen molar-refractivity contribution >= 4 is 27.8 Å². The van der Waals surface area contributed by atoms with Gasteiger partial charge in [0.2, 0.25) is 5.91 Å². The van der Waals surface area contributed by atoms with Crippen LogP contribution in [0.5, 0.6) is 0 Å². The number of carbonyl (C=O) groups is 2. The standard InChI is InChI=1S/C16H20BrNO4/c1-11(12-3-5-13(17)6-4-12)14(19)18-8-7-16(9-18,10-22-2)15(20)21/h3-6,11H,7-10H2,1-2H3,(H,20,21). The number of rotatable bonds is 5. The molecule has 0 bridgehead atoms. The maximum Gasteiger partial charge on any atom is 0.313 e. The number of carboxylic acids is 1. The highest BCUT2D eigenvalue weighted by molar-refractivity contribution is 9.10. The summed E-state index contributed by atoms with van der Waals surface area (Å²) in [4.78, 5) is 25.8. The van der Waals surface area contributed by atoms with Crippen LogP contribution in [0, 0.1) is 5.41 Å². The molecule has 1 amide bonds. The monoisotopic (exact) mass is 369 g/mol. The van der Waals surface area contributed by atoms with E-state index < -0.39 is 11.4 Å². The molecule has 0 spiro atoms. The quantitative estimate of drug-likeness (QED) is 0.865. The van der Waals surface area contributed by atoms with Gasteiger partial charge >= 0.3 is 5.97 Å². The van der Waals surface area contributed by atoms with Crippen molar-refractivity contribution < 1.29 is 19.4 Å². The van der Waals surface area contributed by atoms with Crippen LogP contribution in [0.2, 0.25) is 0 Å². The Labute approximate surface area is 138 Å². The molecule has 0 radical (unpaired) electrons. The number of hydrogen-bond donors (Lipinski definition) is 1. The smallest absolute Gasteiger partial charge is 0.313 e. The van der Waals surface area contributed by atoms with Crippen LogP contribution in [0.15, 0.2) is 28.7 Å². The van der Waals surface area contributed by atoms with Crippen molar-refractivity contribution in [3.8, 4) is 0 Å². The molecule has 1 saturated heterocycles. The summed E-state index contributed by atoms with van der Waals surface area (Å²) in [5, 5.41) is 9.46. The summed E-state index contributed by atoms with van der Waals surface area (Å²) >= 11 is 3.37. The van der Waals surface area contributed by atoms with Gasteiger partial charge in [0.1, 0.15) is 5.41 Å². The molecule has 6 heteroatoms. The Morgan fingerprint density at radius 1 is 1.41 bits per heavy atom. The first-order valence-corrected chi connectivity index (χ1v) is 7.95. The first kappa shape index (κ1) is 17.0. The normalized spacial score (nSPS) is 22.6. The topological polar surface area (TPSA) is 66.8 Å². The minimum absolute atomic E-state index is 0.0402. The van der Waals surface area contributed by atoms with E-state index >= 15 is 0 Å². The second-order valence-electron chi connectivity index (χ2n) is 5.80. The molecule has 2 unspecified atom stereocenters. The third kappa shape index (κ3) is 3.33. The lowest BCUT2D eigenvalue weighted by atomic mass is 9.88. The number of likely N-dealkylation sites (tertiary alicyclic amines) is 1. The highest BCUT2D eigenvalue weighted by Gasteiger charge is 2.47. The van der Waals surface area contributed by atoms with E-state index in [1.807, 2.05) is 31.2 Å². The van der Waals surface area contributed by atoms with Gasteiger partial charge in [-0.05, 0) is 31.0 Å². The SMILES string of the molecule is COCC1(C(=O)O)CCN(C(=O)C(C)c2ccc(Br)cc2)C1. The van der Waals surface area contributed by atoms with Gasteiger partial charge in [0.25, 0.3) is 0 Å². The van der Waals surface area contributed by atoms with Crippen LogP contribution in [0.4, 0.5) is 0 Å². The van der Waals surface area contributed by atoms with Gasteiger partial charge in [0.15, 0.2) is 0 Å². The lowest BCUT2D eigenvalue weighted by Gasteiger charge is -2.25. The third-order valence-corrected chi connectivity index (χ3v) is 4.81. The molecule has 2 rings (SSSR count). The highest BCUT2D eigenvalue weighted by Crippen LogP contribution is 2.33. The van der Waals surface area contributed by atoms with Crippen molar-refractivity contribution in [2.75, 3.05) is 26.8 Å². The van der Waals surface area contributed by atoms with Crippen molar-refractivity contribution in [2.24, 2.45) is 5.41 Å². The maximum atomic E-state index is 12.6. The van der Waals surface area contributed by atoms with Crippen molar-refractivity contribution in [2.45, 2.75) is 19.3 Å². The number of carbonyl (C=O) groups excluding carboxylic acids is 1. The number of benzene rings is 1. The van der Waals surface area contributed by atoms with Crippen LogP contribution < -0.4 is 0 Å². The van der Waals surface area contributed by atoms with Gasteiger partial charge in [0, 0.05) is 24.7 Å². The zero-order chi connectivity index (χ0) is 16.3. The van der Waals surface area contributed by atoms with Gasteiger partial charge in [0.05, 0.1) is 12.5 Å². The first-order valence-electron chi connectivity index (χ1n) is 7.16. The van der Waals surface area contributed by atoms with Gasteiger partial charge in [-0.1, -0.05) is 28.1 Å². The van der Waals surface area contributed by atoms with E-state index in [1.165, 1.54) is 7.11 Å². The third-order valence-electron chi connectivity index (χ3n) is 4.28. The van der Waals surface area contributed by atoms with Crippen LogP contribution in [0.25, 0.3) is 0 Å². The molecule has 1 aliphatic rings. The van der Waals surface area contributed by atoms with E-state index in [0.717, 1.165) is 10.0 Å². The number of aliphatic carboxylic acids is 1. The minimum Gasteiger partial charge on any atom is -0.481 e. The number of nitrogens with zero attached hydrogens (tertiary/aromatic N) is 1. The number of ether oxygens (including phenoxy) is 1. The molecule has 1 aliphatic heterocycles. The summed E-state index contributed by atoms with van der Waals surface area (Å²) in [5.41, 5.74) is -0.0584. The second-order valence-corrected chi connectivity index (χ2v) is 6.72. The van der Waals surface area contributed by atoms with Crippen LogP contribution in [-0.4, -0.2) is 48.7 Å². The fraction of sp³-hybridized carbons (Fsp3) is 0.500. The largest absolute Gasteiger partial charge is 0.481 e. The molecule has 1 fully saturated rings. The summed E-state index contributed by atoms with van der Waals surface area (Å²) in [6, 6.07) is 7.61. The fourth-order valence-corrected chi connectivity index (χ4v) is 3.12. The molecule has 0 saturated carbocycles. The Morgan fingerprint density at radius 3 is 2.59 bits per heavy atom.